The van der Waals surface area contributed by atoms with E-state index in [0.717, 1.165) is 11.8 Å². The van der Waals surface area contributed by atoms with Crippen molar-refractivity contribution >= 4 is 7.26 Å². The summed E-state index contributed by atoms with van der Waals surface area (Å²) in [6.45, 7) is 7.61. The minimum absolute atomic E-state index is 0.513. The van der Waals surface area contributed by atoms with Crippen LogP contribution >= 0.6 is 7.26 Å². The minimum Gasteiger partial charge on any atom is -0.0463 e. The van der Waals surface area contributed by atoms with Crippen molar-refractivity contribution in [1.29, 1.82) is 0 Å². The van der Waals surface area contributed by atoms with Crippen LogP contribution in [0.2, 0.25) is 0 Å². The topological polar surface area (TPSA) is 0 Å². The van der Waals surface area contributed by atoms with Crippen molar-refractivity contribution in [3.05, 3.63) is 0 Å². The molecular formula is C10H20P+. The molecular weight excluding hydrogens is 151 g/mol. The first-order chi connectivity index (χ1) is 5.09. The molecule has 2 fully saturated rings. The van der Waals surface area contributed by atoms with Crippen LogP contribution in [-0.2, 0) is 0 Å². The summed E-state index contributed by atoms with van der Waals surface area (Å²) < 4.78 is 0. The van der Waals surface area contributed by atoms with E-state index >= 15 is 0 Å². The molecule has 0 amide bonds. The van der Waals surface area contributed by atoms with E-state index in [9.17, 15) is 0 Å². The van der Waals surface area contributed by atoms with E-state index in [4.69, 9.17) is 0 Å². The molecule has 1 heteroatoms. The molecule has 64 valence electrons. The van der Waals surface area contributed by atoms with Crippen molar-refractivity contribution in [1.82, 2.24) is 0 Å². The van der Waals surface area contributed by atoms with Gasteiger partial charge in [0.1, 0.15) is 0 Å². The van der Waals surface area contributed by atoms with Crippen molar-refractivity contribution in [2.75, 3.05) is 20.0 Å². The molecule has 2 bridgehead atoms. The summed E-state index contributed by atoms with van der Waals surface area (Å²) in [7, 11) is -0.513. The van der Waals surface area contributed by atoms with E-state index < -0.39 is 7.26 Å². The molecule has 0 heterocycles. The molecule has 2 saturated carbocycles. The lowest BCUT2D eigenvalue weighted by molar-refractivity contribution is 0.480. The molecule has 0 radical (unpaired) electrons. The van der Waals surface area contributed by atoms with Gasteiger partial charge in [-0.25, -0.2) is 0 Å². The smallest absolute Gasteiger partial charge is 0.0463 e. The summed E-state index contributed by atoms with van der Waals surface area (Å²) in [6, 6.07) is 0. The first kappa shape index (κ1) is 8.05. The van der Waals surface area contributed by atoms with Crippen LogP contribution in [0.5, 0.6) is 0 Å². The van der Waals surface area contributed by atoms with Crippen molar-refractivity contribution in [3.63, 3.8) is 0 Å². The standard InChI is InChI=1S/C10H20P/c1-11(2,3)10-8-4-5-9(10)7-6-8/h8-10H,4-7H2,1-3H3/q+1. The number of fused-ring (bicyclic) bond motifs is 2. The van der Waals surface area contributed by atoms with Crippen molar-refractivity contribution in [3.8, 4) is 0 Å². The highest BCUT2D eigenvalue weighted by Crippen LogP contribution is 2.66. The fraction of sp³-hybridized carbons (Fsp3) is 1.00. The van der Waals surface area contributed by atoms with E-state index in [0.29, 0.717) is 0 Å². The van der Waals surface area contributed by atoms with E-state index in [1.807, 2.05) is 0 Å². The lowest BCUT2D eigenvalue weighted by Crippen LogP contribution is -2.16. The molecule has 0 aliphatic heterocycles. The van der Waals surface area contributed by atoms with Crippen LogP contribution in [0.3, 0.4) is 0 Å². The van der Waals surface area contributed by atoms with Gasteiger partial charge in [-0.2, -0.15) is 0 Å². The number of rotatable bonds is 1. The van der Waals surface area contributed by atoms with Gasteiger partial charge >= 0.3 is 0 Å². The average Bonchev–Trinajstić information content (AvgIpc) is 2.40. The van der Waals surface area contributed by atoms with Gasteiger partial charge in [0.2, 0.25) is 0 Å². The lowest BCUT2D eigenvalue weighted by atomic mass is 10.0. The van der Waals surface area contributed by atoms with Crippen LogP contribution in [-0.4, -0.2) is 25.7 Å². The molecule has 0 aromatic heterocycles. The van der Waals surface area contributed by atoms with Crippen molar-refractivity contribution in [2.24, 2.45) is 11.8 Å². The quantitative estimate of drug-likeness (QED) is 0.532. The Labute approximate surface area is 71.1 Å². The average molecular weight is 171 g/mol. The zero-order chi connectivity index (χ0) is 8.06. The molecule has 0 atom stereocenters. The Kier molecular flexibility index (Phi) is 1.80. The maximum Gasteiger partial charge on any atom is 0.0745 e. The van der Waals surface area contributed by atoms with Crippen LogP contribution in [0.15, 0.2) is 0 Å². The molecule has 0 nitrogen and oxygen atoms in total. The van der Waals surface area contributed by atoms with Gasteiger partial charge in [-0.15, -0.1) is 0 Å². The maximum atomic E-state index is 2.54. The zero-order valence-electron chi connectivity index (χ0n) is 8.01. The molecule has 11 heavy (non-hydrogen) atoms. The summed E-state index contributed by atoms with van der Waals surface area (Å²) in [4.78, 5) is 0. The summed E-state index contributed by atoms with van der Waals surface area (Å²) in [5, 5.41) is 0. The van der Waals surface area contributed by atoms with Crippen LogP contribution in [0.25, 0.3) is 0 Å². The van der Waals surface area contributed by atoms with Crippen molar-refractivity contribution in [2.45, 2.75) is 31.3 Å². The monoisotopic (exact) mass is 171 g/mol. The normalized spacial score (nSPS) is 43.4. The first-order valence-corrected chi connectivity index (χ1v) is 8.10. The fourth-order valence-electron chi connectivity index (χ4n) is 3.48. The second-order valence-electron chi connectivity index (χ2n) is 5.28. The highest BCUT2D eigenvalue weighted by atomic mass is 31.2. The van der Waals surface area contributed by atoms with Crippen LogP contribution in [0.4, 0.5) is 0 Å². The summed E-state index contributed by atoms with van der Waals surface area (Å²) in [5.41, 5.74) is 1.17. The third-order valence-electron chi connectivity index (χ3n) is 3.68. The number of hydrogen-bond acceptors (Lipinski definition) is 0. The van der Waals surface area contributed by atoms with Gasteiger partial charge in [0.05, 0.1) is 5.66 Å². The Morgan fingerprint density at radius 2 is 1.18 bits per heavy atom. The van der Waals surface area contributed by atoms with Gasteiger partial charge in [0, 0.05) is 27.3 Å². The largest absolute Gasteiger partial charge is 0.0745 e. The molecule has 0 unspecified atom stereocenters. The molecule has 0 spiro atoms. The van der Waals surface area contributed by atoms with Gasteiger partial charge < -0.3 is 0 Å². The van der Waals surface area contributed by atoms with E-state index in [1.165, 1.54) is 5.66 Å². The Bertz CT molecular complexity index is 137. The zero-order valence-corrected chi connectivity index (χ0v) is 8.90. The molecule has 0 aromatic carbocycles. The Balaban J connectivity index is 2.16. The SMILES string of the molecule is C[P+](C)(C)C1C2CCC1CC2. The van der Waals surface area contributed by atoms with Gasteiger partial charge in [-0.05, 0) is 37.5 Å². The summed E-state index contributed by atoms with van der Waals surface area (Å²) >= 11 is 0. The van der Waals surface area contributed by atoms with Gasteiger partial charge in [-0.3, -0.25) is 0 Å². The minimum atomic E-state index is -0.513. The highest BCUT2D eigenvalue weighted by Gasteiger charge is 2.51. The van der Waals surface area contributed by atoms with Crippen LogP contribution in [0, 0.1) is 11.8 Å². The van der Waals surface area contributed by atoms with E-state index in [1.54, 1.807) is 25.7 Å². The second-order valence-corrected chi connectivity index (χ2v) is 10.1. The summed E-state index contributed by atoms with van der Waals surface area (Å²) in [5.74, 6) is 2.29. The van der Waals surface area contributed by atoms with E-state index in [2.05, 4.69) is 20.0 Å². The number of hydrogen-bond donors (Lipinski definition) is 0. The fourth-order valence-corrected chi connectivity index (χ4v) is 6.60. The van der Waals surface area contributed by atoms with Gasteiger partial charge in [-0.1, -0.05) is 0 Å². The highest BCUT2D eigenvalue weighted by molar-refractivity contribution is 7.74. The van der Waals surface area contributed by atoms with Gasteiger partial charge in [0.15, 0.2) is 0 Å². The summed E-state index contributed by atoms with van der Waals surface area (Å²) in [6.07, 6.45) is 6.25. The molecule has 2 aliphatic rings. The predicted molar refractivity (Wildman–Crippen MR) is 53.9 cm³/mol. The lowest BCUT2D eigenvalue weighted by Gasteiger charge is -2.24. The van der Waals surface area contributed by atoms with E-state index in [-0.39, 0.29) is 0 Å². The van der Waals surface area contributed by atoms with Crippen molar-refractivity contribution < 1.29 is 0 Å². The molecule has 0 saturated heterocycles. The third-order valence-corrected chi connectivity index (χ3v) is 6.31. The molecule has 2 aliphatic carbocycles. The second kappa shape index (κ2) is 2.46. The van der Waals surface area contributed by atoms with Gasteiger partial charge in [0.25, 0.3) is 0 Å². The molecule has 0 N–H and O–H groups in total. The Morgan fingerprint density at radius 3 is 1.36 bits per heavy atom. The van der Waals surface area contributed by atoms with Crippen LogP contribution in [0.1, 0.15) is 25.7 Å². The molecule has 2 rings (SSSR count). The maximum absolute atomic E-state index is 2.54. The Morgan fingerprint density at radius 1 is 0.818 bits per heavy atom. The predicted octanol–water partition coefficient (Wildman–Crippen LogP) is 3.08. The first-order valence-electron chi connectivity index (χ1n) is 4.90. The van der Waals surface area contributed by atoms with Crippen LogP contribution < -0.4 is 0 Å². The third kappa shape index (κ3) is 1.24. The Hall–Kier alpha value is 0.430. The molecule has 0 aromatic rings.